The maximum atomic E-state index is 2.47. The topological polar surface area (TPSA) is 9.72 Å². The maximum Gasteiger partial charge on any atom is 0.225 e. The van der Waals surface area contributed by atoms with Gasteiger partial charge in [0.2, 0.25) is 7.71 Å². The van der Waals surface area contributed by atoms with Gasteiger partial charge in [-0.15, -0.1) is 0 Å². The van der Waals surface area contributed by atoms with Crippen molar-refractivity contribution in [3.8, 4) is 0 Å². The van der Waals surface area contributed by atoms with Crippen molar-refractivity contribution >= 4 is 7.71 Å². The summed E-state index contributed by atoms with van der Waals surface area (Å²) in [4.78, 5) is 0. The van der Waals surface area contributed by atoms with Gasteiger partial charge in [-0.2, -0.15) is 14.0 Å². The number of nitrogens with zero attached hydrogens (tertiary/aromatic N) is 3. The average molecular weight is 389 g/mol. The number of unbranched alkanes of at least 4 members (excludes halogenated alkanes) is 13. The second-order valence-corrected chi connectivity index (χ2v) is 12.8. The van der Waals surface area contributed by atoms with Crippen molar-refractivity contribution in [2.75, 3.05) is 48.4 Å². The average Bonchev–Trinajstić information content (AvgIpc) is 2.57. The van der Waals surface area contributed by atoms with E-state index in [2.05, 4.69) is 63.2 Å². The van der Waals surface area contributed by atoms with E-state index in [1.54, 1.807) is 0 Å². The lowest BCUT2D eigenvalue weighted by Gasteiger charge is -2.40. The second kappa shape index (κ2) is 16.3. The molecule has 0 aromatic carbocycles. The van der Waals surface area contributed by atoms with Gasteiger partial charge in [-0.25, -0.2) is 0 Å². The molecule has 0 bridgehead atoms. The highest BCUT2D eigenvalue weighted by Crippen LogP contribution is 2.63. The quantitative estimate of drug-likeness (QED) is 0.186. The molecular weight excluding hydrogens is 337 g/mol. The summed E-state index contributed by atoms with van der Waals surface area (Å²) in [5.74, 6) is 0. The normalized spacial score (nSPS) is 12.7. The molecule has 0 aliphatic heterocycles. The third kappa shape index (κ3) is 10.6. The molecule has 0 saturated heterocycles. The van der Waals surface area contributed by atoms with Crippen molar-refractivity contribution in [3.05, 3.63) is 0 Å². The molecule has 4 heteroatoms. The largest absolute Gasteiger partial charge is 0.225 e. The Kier molecular flexibility index (Phi) is 16.5. The first kappa shape index (κ1) is 26.3. The van der Waals surface area contributed by atoms with Gasteiger partial charge in [-0.3, -0.25) is 0 Å². The van der Waals surface area contributed by atoms with E-state index >= 15 is 0 Å². The van der Waals surface area contributed by atoms with Crippen molar-refractivity contribution in [2.45, 2.75) is 96.8 Å². The van der Waals surface area contributed by atoms with Gasteiger partial charge in [-0.05, 0) is 12.8 Å². The molecule has 0 amide bonds. The molecular formula is C22H51N3P+. The summed E-state index contributed by atoms with van der Waals surface area (Å²) in [6.07, 6.45) is 21.4. The van der Waals surface area contributed by atoms with E-state index in [0.717, 1.165) is 0 Å². The molecule has 0 saturated carbocycles. The van der Waals surface area contributed by atoms with E-state index in [9.17, 15) is 0 Å². The van der Waals surface area contributed by atoms with Crippen LogP contribution in [-0.4, -0.2) is 62.5 Å². The minimum absolute atomic E-state index is 1.30. The van der Waals surface area contributed by atoms with Crippen molar-refractivity contribution in [3.63, 3.8) is 0 Å². The van der Waals surface area contributed by atoms with Gasteiger partial charge in [-0.1, -0.05) is 84.0 Å². The third-order valence-corrected chi connectivity index (χ3v) is 10.5. The summed E-state index contributed by atoms with van der Waals surface area (Å²) in [5.41, 5.74) is 0. The maximum absolute atomic E-state index is 2.47. The zero-order chi connectivity index (χ0) is 19.8. The predicted octanol–water partition coefficient (Wildman–Crippen LogP) is 6.92. The van der Waals surface area contributed by atoms with Crippen LogP contribution in [0.5, 0.6) is 0 Å². The number of hydrogen-bond acceptors (Lipinski definition) is 3. The van der Waals surface area contributed by atoms with Crippen LogP contribution in [0.25, 0.3) is 0 Å². The highest BCUT2D eigenvalue weighted by atomic mass is 31.2. The highest BCUT2D eigenvalue weighted by molar-refractivity contribution is 7.68. The first-order valence-corrected chi connectivity index (χ1v) is 13.1. The molecule has 3 nitrogen and oxygen atoms in total. The van der Waals surface area contributed by atoms with Crippen molar-refractivity contribution in [1.82, 2.24) is 14.0 Å². The van der Waals surface area contributed by atoms with E-state index in [-0.39, 0.29) is 0 Å². The summed E-state index contributed by atoms with van der Waals surface area (Å²) in [5, 5.41) is 0. The van der Waals surface area contributed by atoms with Gasteiger partial charge in [0.1, 0.15) is 6.16 Å². The predicted molar refractivity (Wildman–Crippen MR) is 123 cm³/mol. The number of rotatable bonds is 18. The lowest BCUT2D eigenvalue weighted by Crippen LogP contribution is -2.37. The van der Waals surface area contributed by atoms with E-state index < -0.39 is 7.71 Å². The number of hydrogen-bond donors (Lipinski definition) is 0. The fourth-order valence-electron chi connectivity index (χ4n) is 4.19. The summed E-state index contributed by atoms with van der Waals surface area (Å²) in [7, 11) is 12.2. The zero-order valence-corrected chi connectivity index (χ0v) is 20.3. The van der Waals surface area contributed by atoms with Gasteiger partial charge < -0.3 is 0 Å². The Morgan fingerprint density at radius 3 is 0.962 bits per heavy atom. The van der Waals surface area contributed by atoms with Gasteiger partial charge >= 0.3 is 0 Å². The van der Waals surface area contributed by atoms with E-state index in [0.29, 0.717) is 0 Å². The molecule has 0 N–H and O–H groups in total. The van der Waals surface area contributed by atoms with Crippen molar-refractivity contribution in [2.24, 2.45) is 0 Å². The summed E-state index contributed by atoms with van der Waals surface area (Å²) in [6, 6.07) is 0. The third-order valence-electron chi connectivity index (χ3n) is 5.73. The Labute approximate surface area is 167 Å². The van der Waals surface area contributed by atoms with Crippen LogP contribution in [0.3, 0.4) is 0 Å². The molecule has 0 rings (SSSR count). The van der Waals surface area contributed by atoms with E-state index in [1.807, 2.05) is 0 Å². The molecule has 0 aliphatic carbocycles. The molecule has 0 aliphatic rings. The SMILES string of the molecule is CCCCCCCCCCCCCCCC[P+](N(C)C)(N(C)C)N(C)C. The first-order chi connectivity index (χ1) is 12.4. The van der Waals surface area contributed by atoms with Crippen LogP contribution in [0.2, 0.25) is 0 Å². The van der Waals surface area contributed by atoms with Gasteiger partial charge in [0.25, 0.3) is 0 Å². The Balaban J connectivity index is 3.63. The van der Waals surface area contributed by atoms with Crippen LogP contribution in [0.1, 0.15) is 96.8 Å². The van der Waals surface area contributed by atoms with Crippen LogP contribution in [0.4, 0.5) is 0 Å². The zero-order valence-electron chi connectivity index (χ0n) is 19.4. The molecule has 0 aromatic heterocycles. The van der Waals surface area contributed by atoms with Gasteiger partial charge in [0, 0.05) is 42.3 Å². The van der Waals surface area contributed by atoms with Crippen LogP contribution < -0.4 is 0 Å². The minimum Gasteiger partial charge on any atom is -0.155 e. The van der Waals surface area contributed by atoms with Crippen LogP contribution in [-0.2, 0) is 0 Å². The molecule has 0 fully saturated rings. The molecule has 0 spiro atoms. The van der Waals surface area contributed by atoms with E-state index in [4.69, 9.17) is 0 Å². The summed E-state index contributed by atoms with van der Waals surface area (Å²) < 4.78 is 7.40. The molecule has 0 aromatic rings. The molecule has 0 unspecified atom stereocenters. The highest BCUT2D eigenvalue weighted by Gasteiger charge is 2.46. The molecule has 0 atom stereocenters. The Bertz CT molecular complexity index is 284. The van der Waals surface area contributed by atoms with Crippen molar-refractivity contribution < 1.29 is 0 Å². The van der Waals surface area contributed by atoms with Gasteiger partial charge in [0.05, 0.1) is 0 Å². The van der Waals surface area contributed by atoms with Gasteiger partial charge in [0.15, 0.2) is 0 Å². The smallest absolute Gasteiger partial charge is 0.155 e. The minimum atomic E-state index is -1.30. The molecule has 158 valence electrons. The summed E-state index contributed by atoms with van der Waals surface area (Å²) in [6.45, 7) is 2.30. The first-order valence-electron chi connectivity index (χ1n) is 11.3. The lowest BCUT2D eigenvalue weighted by molar-refractivity contribution is 0.453. The van der Waals surface area contributed by atoms with Crippen molar-refractivity contribution in [1.29, 1.82) is 0 Å². The monoisotopic (exact) mass is 388 g/mol. The van der Waals surface area contributed by atoms with Crippen LogP contribution in [0, 0.1) is 0 Å². The Morgan fingerprint density at radius 1 is 0.423 bits per heavy atom. The molecule has 0 heterocycles. The Hall–Kier alpha value is 0.310. The molecule has 0 radical (unpaired) electrons. The molecule has 26 heavy (non-hydrogen) atoms. The van der Waals surface area contributed by atoms with E-state index in [1.165, 1.54) is 96.1 Å². The standard InChI is InChI=1S/C22H51N3P/c1-8-9-10-11-12-13-14-15-16-17-18-19-20-21-22-26(23(2)3,24(4)5)25(6)7/h8-22H2,1-7H3/q+1. The second-order valence-electron chi connectivity index (χ2n) is 8.55. The Morgan fingerprint density at radius 2 is 0.692 bits per heavy atom. The lowest BCUT2D eigenvalue weighted by atomic mass is 10.0. The fraction of sp³-hybridized carbons (Fsp3) is 1.00. The fourth-order valence-corrected chi connectivity index (χ4v) is 8.19. The van der Waals surface area contributed by atoms with Crippen LogP contribution >= 0.6 is 7.71 Å². The summed E-state index contributed by atoms with van der Waals surface area (Å²) >= 11 is 0. The van der Waals surface area contributed by atoms with Crippen LogP contribution in [0.15, 0.2) is 0 Å².